The molecule has 0 atom stereocenters. The number of hydrogen-bond acceptors (Lipinski definition) is 6. The summed E-state index contributed by atoms with van der Waals surface area (Å²) >= 11 is 0. The first-order chi connectivity index (χ1) is 16.0. The second kappa shape index (κ2) is 9.49. The van der Waals surface area contributed by atoms with Gasteiger partial charge in [0.1, 0.15) is 12.4 Å². The van der Waals surface area contributed by atoms with Gasteiger partial charge in [-0.15, -0.1) is 0 Å². The third-order valence-corrected chi connectivity index (χ3v) is 4.70. The maximum Gasteiger partial charge on any atom is 0.255 e. The summed E-state index contributed by atoms with van der Waals surface area (Å²) in [5, 5.41) is 11.2. The number of fused-ring (bicyclic) bond motifs is 1. The molecule has 4 aromatic rings. The minimum absolute atomic E-state index is 0.0125. The Bertz CT molecular complexity index is 1360. The molecule has 4 rings (SSSR count). The summed E-state index contributed by atoms with van der Waals surface area (Å²) in [6, 6.07) is 13.5. The molecule has 33 heavy (non-hydrogen) atoms. The van der Waals surface area contributed by atoms with E-state index in [4.69, 9.17) is 9.84 Å². The van der Waals surface area contributed by atoms with Gasteiger partial charge in [0.2, 0.25) is 5.88 Å². The molecule has 0 saturated heterocycles. The number of nitrogens with one attached hydrogen (secondary N) is 1. The molecule has 0 aliphatic heterocycles. The Morgan fingerprint density at radius 2 is 1.79 bits per heavy atom. The van der Waals surface area contributed by atoms with E-state index in [1.807, 2.05) is 0 Å². The molecule has 1 aromatic heterocycles. The quantitative estimate of drug-likeness (QED) is 0.417. The standard InChI is InChI=1S/C24H17F2N3O4/c25-16-4-1-3-15(11-16)24(32)29-19-6-2-5-17(22(19)26)23(31)14-7-8-18-20(12-14)28-21(13-27-18)33-10-9-30/h1-8,11-13,30H,9-10H2,(H,29,32). The van der Waals surface area contributed by atoms with Gasteiger partial charge in [0, 0.05) is 11.1 Å². The Balaban J connectivity index is 1.61. The molecule has 0 bridgehead atoms. The highest BCUT2D eigenvalue weighted by Gasteiger charge is 2.19. The summed E-state index contributed by atoms with van der Waals surface area (Å²) in [6.45, 7) is -0.151. The number of ether oxygens (including phenoxy) is 1. The summed E-state index contributed by atoms with van der Waals surface area (Å²) in [4.78, 5) is 33.8. The molecule has 166 valence electrons. The molecule has 7 nitrogen and oxygen atoms in total. The van der Waals surface area contributed by atoms with Gasteiger partial charge in [-0.3, -0.25) is 9.59 Å². The molecule has 0 saturated carbocycles. The van der Waals surface area contributed by atoms with Crippen molar-refractivity contribution in [3.05, 3.63) is 95.2 Å². The van der Waals surface area contributed by atoms with Gasteiger partial charge in [-0.05, 0) is 48.5 Å². The Morgan fingerprint density at radius 1 is 0.970 bits per heavy atom. The smallest absolute Gasteiger partial charge is 0.255 e. The zero-order valence-electron chi connectivity index (χ0n) is 17.1. The molecule has 1 heterocycles. The van der Waals surface area contributed by atoms with Crippen LogP contribution in [0.1, 0.15) is 26.3 Å². The molecular formula is C24H17F2N3O4. The van der Waals surface area contributed by atoms with Crippen LogP contribution in [0.15, 0.2) is 66.9 Å². The van der Waals surface area contributed by atoms with Crippen LogP contribution < -0.4 is 10.1 Å². The lowest BCUT2D eigenvalue weighted by Crippen LogP contribution is -2.15. The van der Waals surface area contributed by atoms with Crippen LogP contribution in [0.25, 0.3) is 11.0 Å². The molecule has 0 spiro atoms. The van der Waals surface area contributed by atoms with E-state index in [-0.39, 0.29) is 41.5 Å². The lowest BCUT2D eigenvalue weighted by atomic mass is 10.0. The number of aliphatic hydroxyl groups excluding tert-OH is 1. The van der Waals surface area contributed by atoms with Crippen LogP contribution in [-0.4, -0.2) is 40.0 Å². The average molecular weight is 449 g/mol. The molecule has 0 fully saturated rings. The summed E-state index contributed by atoms with van der Waals surface area (Å²) in [6.07, 6.45) is 1.39. The van der Waals surface area contributed by atoms with Gasteiger partial charge >= 0.3 is 0 Å². The molecule has 0 aliphatic rings. The summed E-state index contributed by atoms with van der Waals surface area (Å²) < 4.78 is 33.7. The van der Waals surface area contributed by atoms with E-state index in [9.17, 15) is 14.0 Å². The molecule has 0 aliphatic carbocycles. The number of carbonyl (C=O) groups is 2. The topological polar surface area (TPSA) is 101 Å². The van der Waals surface area contributed by atoms with Crippen molar-refractivity contribution >= 4 is 28.4 Å². The highest BCUT2D eigenvalue weighted by Crippen LogP contribution is 2.23. The first-order valence-electron chi connectivity index (χ1n) is 9.87. The summed E-state index contributed by atoms with van der Waals surface area (Å²) in [7, 11) is 0. The average Bonchev–Trinajstić information content (AvgIpc) is 2.83. The number of aromatic nitrogens is 2. The largest absolute Gasteiger partial charge is 0.474 e. The van der Waals surface area contributed by atoms with Crippen molar-refractivity contribution in [2.24, 2.45) is 0 Å². The maximum absolute atomic E-state index is 15.1. The minimum Gasteiger partial charge on any atom is -0.474 e. The van der Waals surface area contributed by atoms with E-state index in [1.165, 1.54) is 54.7 Å². The van der Waals surface area contributed by atoms with Crippen molar-refractivity contribution in [1.82, 2.24) is 9.97 Å². The van der Waals surface area contributed by atoms with Crippen LogP contribution in [0.4, 0.5) is 14.5 Å². The zero-order chi connectivity index (χ0) is 23.4. The lowest BCUT2D eigenvalue weighted by Gasteiger charge is -2.10. The van der Waals surface area contributed by atoms with Gasteiger partial charge in [-0.1, -0.05) is 12.1 Å². The normalized spacial score (nSPS) is 10.8. The number of ketones is 1. The Hall–Kier alpha value is -4.24. The summed E-state index contributed by atoms with van der Waals surface area (Å²) in [5.41, 5.74) is 0.552. The molecule has 9 heteroatoms. The third-order valence-electron chi connectivity index (χ3n) is 4.70. The molecule has 0 unspecified atom stereocenters. The van der Waals surface area contributed by atoms with Crippen LogP contribution in [0, 0.1) is 11.6 Å². The predicted octanol–water partition coefficient (Wildman–Crippen LogP) is 3.76. The number of amides is 1. The van der Waals surface area contributed by atoms with Gasteiger partial charge < -0.3 is 15.2 Å². The van der Waals surface area contributed by atoms with Gasteiger partial charge in [0.25, 0.3) is 5.91 Å². The van der Waals surface area contributed by atoms with E-state index < -0.39 is 23.3 Å². The van der Waals surface area contributed by atoms with Gasteiger partial charge in [0.15, 0.2) is 11.6 Å². The van der Waals surface area contributed by atoms with E-state index >= 15 is 4.39 Å². The van der Waals surface area contributed by atoms with Crippen LogP contribution in [0.2, 0.25) is 0 Å². The van der Waals surface area contributed by atoms with Gasteiger partial charge in [-0.25, -0.2) is 18.7 Å². The van der Waals surface area contributed by atoms with Crippen molar-refractivity contribution in [3.63, 3.8) is 0 Å². The number of aliphatic hydroxyl groups is 1. The van der Waals surface area contributed by atoms with Crippen molar-refractivity contribution in [2.75, 3.05) is 18.5 Å². The zero-order valence-corrected chi connectivity index (χ0v) is 17.1. The van der Waals surface area contributed by atoms with E-state index in [0.717, 1.165) is 6.07 Å². The van der Waals surface area contributed by atoms with Crippen LogP contribution >= 0.6 is 0 Å². The third kappa shape index (κ3) is 4.83. The number of anilines is 1. The predicted molar refractivity (Wildman–Crippen MR) is 116 cm³/mol. The molecule has 0 radical (unpaired) electrons. The number of carbonyl (C=O) groups excluding carboxylic acids is 2. The van der Waals surface area contributed by atoms with Gasteiger partial charge in [0.05, 0.1) is 35.1 Å². The molecule has 3 aromatic carbocycles. The summed E-state index contributed by atoms with van der Waals surface area (Å²) in [5.74, 6) is -2.68. The minimum atomic E-state index is -0.918. The van der Waals surface area contributed by atoms with E-state index in [0.29, 0.717) is 11.0 Å². The number of hydrogen-bond donors (Lipinski definition) is 2. The maximum atomic E-state index is 15.1. The van der Waals surface area contributed by atoms with Crippen molar-refractivity contribution in [3.8, 4) is 5.88 Å². The van der Waals surface area contributed by atoms with Gasteiger partial charge in [-0.2, -0.15) is 0 Å². The number of rotatable bonds is 7. The Kier molecular flexibility index (Phi) is 6.32. The fraction of sp³-hybridized carbons (Fsp3) is 0.0833. The highest BCUT2D eigenvalue weighted by molar-refractivity contribution is 6.11. The fourth-order valence-electron chi connectivity index (χ4n) is 3.14. The van der Waals surface area contributed by atoms with E-state index in [1.54, 1.807) is 6.07 Å². The Labute approximate surface area is 186 Å². The van der Waals surface area contributed by atoms with Crippen molar-refractivity contribution in [2.45, 2.75) is 0 Å². The van der Waals surface area contributed by atoms with E-state index in [2.05, 4.69) is 15.3 Å². The van der Waals surface area contributed by atoms with Crippen LogP contribution in [0.5, 0.6) is 5.88 Å². The Morgan fingerprint density at radius 3 is 2.58 bits per heavy atom. The number of benzene rings is 3. The lowest BCUT2D eigenvalue weighted by molar-refractivity contribution is 0.101. The molecule has 1 amide bonds. The molecule has 2 N–H and O–H groups in total. The first-order valence-corrected chi connectivity index (χ1v) is 9.87. The monoisotopic (exact) mass is 449 g/mol. The second-order valence-corrected chi connectivity index (χ2v) is 6.94. The van der Waals surface area contributed by atoms with Crippen molar-refractivity contribution < 1.29 is 28.2 Å². The fourth-order valence-corrected chi connectivity index (χ4v) is 3.14. The second-order valence-electron chi connectivity index (χ2n) is 6.94. The highest BCUT2D eigenvalue weighted by atomic mass is 19.1. The molecular weight excluding hydrogens is 432 g/mol. The number of halogens is 2. The van der Waals surface area contributed by atoms with Crippen LogP contribution in [0.3, 0.4) is 0 Å². The van der Waals surface area contributed by atoms with Crippen molar-refractivity contribution in [1.29, 1.82) is 0 Å². The van der Waals surface area contributed by atoms with Crippen LogP contribution in [-0.2, 0) is 0 Å². The first kappa shape index (κ1) is 22.0. The SMILES string of the molecule is O=C(Nc1cccc(C(=O)c2ccc3ncc(OCCO)nc3c2)c1F)c1cccc(F)c1. The number of nitrogens with zero attached hydrogens (tertiary/aromatic N) is 2.